The third kappa shape index (κ3) is 1.98. The van der Waals surface area contributed by atoms with Crippen LogP contribution in [0.3, 0.4) is 0 Å². The molecule has 1 aromatic heterocycles. The summed E-state index contributed by atoms with van der Waals surface area (Å²) < 4.78 is 0. The number of nitrogens with one attached hydrogen (secondary N) is 1. The van der Waals surface area contributed by atoms with Crippen LogP contribution in [0.5, 0.6) is 0 Å². The fourth-order valence-corrected chi connectivity index (χ4v) is 1.78. The molecule has 1 amide bonds. The molecule has 4 nitrogen and oxygen atoms in total. The average molecular weight is 227 g/mol. The van der Waals surface area contributed by atoms with Gasteiger partial charge in [-0.05, 0) is 31.9 Å². The van der Waals surface area contributed by atoms with Crippen LogP contribution in [0.1, 0.15) is 29.0 Å². The number of amides is 1. The van der Waals surface area contributed by atoms with Gasteiger partial charge < -0.3 is 5.32 Å². The summed E-state index contributed by atoms with van der Waals surface area (Å²) in [5.41, 5.74) is 2.71. The lowest BCUT2D eigenvalue weighted by molar-refractivity contribution is 0.0945. The molecule has 1 aromatic carbocycles. The number of benzene rings is 1. The number of carbonyl (C=O) groups excluding carboxylic acids is 1. The molecule has 1 saturated carbocycles. The Bertz CT molecular complexity index is 590. The first-order valence-corrected chi connectivity index (χ1v) is 5.78. The Balaban J connectivity index is 2.02. The Morgan fingerprint density at radius 1 is 1.24 bits per heavy atom. The highest BCUT2D eigenvalue weighted by Crippen LogP contribution is 2.20. The van der Waals surface area contributed by atoms with E-state index in [0.29, 0.717) is 17.4 Å². The molecule has 0 spiro atoms. The van der Waals surface area contributed by atoms with Gasteiger partial charge in [0.05, 0.1) is 16.7 Å². The van der Waals surface area contributed by atoms with Gasteiger partial charge in [0.1, 0.15) is 5.69 Å². The number of hydrogen-bond acceptors (Lipinski definition) is 3. The van der Waals surface area contributed by atoms with E-state index in [1.807, 2.05) is 31.2 Å². The number of rotatable bonds is 2. The summed E-state index contributed by atoms with van der Waals surface area (Å²) in [6, 6.07) is 7.93. The molecule has 86 valence electrons. The third-order valence-electron chi connectivity index (χ3n) is 2.87. The molecular formula is C13H13N3O. The second-order valence-corrected chi connectivity index (χ2v) is 4.39. The number of aromatic nitrogens is 2. The normalized spacial score (nSPS) is 14.9. The highest BCUT2D eigenvalue weighted by molar-refractivity contribution is 5.95. The van der Waals surface area contributed by atoms with Gasteiger partial charge in [0.2, 0.25) is 0 Å². The van der Waals surface area contributed by atoms with Crippen molar-refractivity contribution in [1.29, 1.82) is 0 Å². The lowest BCUT2D eigenvalue weighted by Gasteiger charge is -2.06. The van der Waals surface area contributed by atoms with Crippen molar-refractivity contribution in [2.45, 2.75) is 25.8 Å². The minimum absolute atomic E-state index is 0.108. The number of hydrogen-bond donors (Lipinski definition) is 1. The largest absolute Gasteiger partial charge is 0.348 e. The van der Waals surface area contributed by atoms with E-state index in [0.717, 1.165) is 23.9 Å². The fraction of sp³-hybridized carbons (Fsp3) is 0.308. The summed E-state index contributed by atoms with van der Waals surface area (Å²) in [5, 5.41) is 2.93. The average Bonchev–Trinajstić information content (AvgIpc) is 3.12. The molecule has 0 aliphatic heterocycles. The lowest BCUT2D eigenvalue weighted by atomic mass is 10.2. The summed E-state index contributed by atoms with van der Waals surface area (Å²) in [5.74, 6) is -0.108. The van der Waals surface area contributed by atoms with E-state index in [9.17, 15) is 4.79 Å². The van der Waals surface area contributed by atoms with Crippen LogP contribution in [-0.4, -0.2) is 21.9 Å². The minimum atomic E-state index is -0.108. The van der Waals surface area contributed by atoms with Crippen molar-refractivity contribution in [3.63, 3.8) is 0 Å². The topological polar surface area (TPSA) is 54.9 Å². The van der Waals surface area contributed by atoms with E-state index in [1.54, 1.807) is 0 Å². The SMILES string of the molecule is Cc1nc2ccccc2nc1C(=O)NC1CC1. The Labute approximate surface area is 99.1 Å². The minimum Gasteiger partial charge on any atom is -0.348 e. The predicted octanol–water partition coefficient (Wildman–Crippen LogP) is 1.83. The van der Waals surface area contributed by atoms with Gasteiger partial charge in [-0.15, -0.1) is 0 Å². The molecule has 0 atom stereocenters. The molecule has 17 heavy (non-hydrogen) atoms. The van der Waals surface area contributed by atoms with Crippen molar-refractivity contribution in [2.24, 2.45) is 0 Å². The molecule has 1 N–H and O–H groups in total. The van der Waals surface area contributed by atoms with E-state index in [2.05, 4.69) is 15.3 Å². The summed E-state index contributed by atoms with van der Waals surface area (Å²) in [6.45, 7) is 1.82. The zero-order valence-corrected chi connectivity index (χ0v) is 9.60. The Kier molecular flexibility index (Phi) is 2.28. The number of fused-ring (bicyclic) bond motifs is 1. The van der Waals surface area contributed by atoms with E-state index >= 15 is 0 Å². The van der Waals surface area contributed by atoms with Crippen LogP contribution >= 0.6 is 0 Å². The summed E-state index contributed by atoms with van der Waals surface area (Å²) in [6.07, 6.45) is 2.15. The van der Waals surface area contributed by atoms with Crippen molar-refractivity contribution < 1.29 is 4.79 Å². The highest BCUT2D eigenvalue weighted by atomic mass is 16.2. The molecule has 3 rings (SSSR count). The van der Waals surface area contributed by atoms with Crippen LogP contribution in [-0.2, 0) is 0 Å². The summed E-state index contributed by atoms with van der Waals surface area (Å²) in [4.78, 5) is 20.7. The number of aryl methyl sites for hydroxylation is 1. The van der Waals surface area contributed by atoms with Gasteiger partial charge in [0, 0.05) is 6.04 Å². The van der Waals surface area contributed by atoms with Crippen molar-refractivity contribution >= 4 is 16.9 Å². The van der Waals surface area contributed by atoms with Crippen molar-refractivity contribution in [3.8, 4) is 0 Å². The van der Waals surface area contributed by atoms with Gasteiger partial charge in [-0.25, -0.2) is 9.97 Å². The summed E-state index contributed by atoms with van der Waals surface area (Å²) >= 11 is 0. The Morgan fingerprint density at radius 2 is 1.88 bits per heavy atom. The lowest BCUT2D eigenvalue weighted by Crippen LogP contribution is -2.27. The van der Waals surface area contributed by atoms with Gasteiger partial charge in [-0.3, -0.25) is 4.79 Å². The second-order valence-electron chi connectivity index (χ2n) is 4.39. The quantitative estimate of drug-likeness (QED) is 0.851. The van der Waals surface area contributed by atoms with Crippen molar-refractivity contribution in [2.75, 3.05) is 0 Å². The monoisotopic (exact) mass is 227 g/mol. The molecule has 0 radical (unpaired) electrons. The molecule has 0 saturated heterocycles. The first-order chi connectivity index (χ1) is 8.24. The van der Waals surface area contributed by atoms with Crippen LogP contribution in [0.15, 0.2) is 24.3 Å². The highest BCUT2D eigenvalue weighted by Gasteiger charge is 2.25. The molecular weight excluding hydrogens is 214 g/mol. The number of nitrogens with zero attached hydrogens (tertiary/aromatic N) is 2. The zero-order valence-electron chi connectivity index (χ0n) is 9.60. The first kappa shape index (κ1) is 10.2. The maximum atomic E-state index is 11.9. The van der Waals surface area contributed by atoms with E-state index in [-0.39, 0.29) is 5.91 Å². The number of carbonyl (C=O) groups is 1. The van der Waals surface area contributed by atoms with Crippen LogP contribution in [0, 0.1) is 6.92 Å². The van der Waals surface area contributed by atoms with E-state index < -0.39 is 0 Å². The third-order valence-corrected chi connectivity index (χ3v) is 2.87. The Morgan fingerprint density at radius 3 is 2.53 bits per heavy atom. The molecule has 1 fully saturated rings. The maximum Gasteiger partial charge on any atom is 0.272 e. The Hall–Kier alpha value is -1.97. The summed E-state index contributed by atoms with van der Waals surface area (Å²) in [7, 11) is 0. The molecule has 0 unspecified atom stereocenters. The van der Waals surface area contributed by atoms with Crippen LogP contribution in [0.2, 0.25) is 0 Å². The van der Waals surface area contributed by atoms with Gasteiger partial charge in [0.25, 0.3) is 5.91 Å². The van der Waals surface area contributed by atoms with Crippen LogP contribution < -0.4 is 5.32 Å². The molecule has 1 aliphatic carbocycles. The standard InChI is InChI=1S/C13H13N3O/c1-8-12(13(17)15-9-6-7-9)16-11-5-3-2-4-10(11)14-8/h2-5,9H,6-7H2,1H3,(H,15,17). The van der Waals surface area contributed by atoms with Gasteiger partial charge >= 0.3 is 0 Å². The van der Waals surface area contributed by atoms with Gasteiger partial charge in [-0.1, -0.05) is 12.1 Å². The molecule has 4 heteroatoms. The molecule has 1 aliphatic rings. The zero-order chi connectivity index (χ0) is 11.8. The molecule has 2 aromatic rings. The van der Waals surface area contributed by atoms with E-state index in [1.165, 1.54) is 0 Å². The second kappa shape index (κ2) is 3.80. The van der Waals surface area contributed by atoms with Crippen LogP contribution in [0.25, 0.3) is 11.0 Å². The van der Waals surface area contributed by atoms with E-state index in [4.69, 9.17) is 0 Å². The van der Waals surface area contributed by atoms with Crippen LogP contribution in [0.4, 0.5) is 0 Å². The van der Waals surface area contributed by atoms with Gasteiger partial charge in [-0.2, -0.15) is 0 Å². The molecule has 0 bridgehead atoms. The van der Waals surface area contributed by atoms with Crippen molar-refractivity contribution in [3.05, 3.63) is 35.7 Å². The molecule has 1 heterocycles. The fourth-order valence-electron chi connectivity index (χ4n) is 1.78. The van der Waals surface area contributed by atoms with Gasteiger partial charge in [0.15, 0.2) is 0 Å². The number of para-hydroxylation sites is 2. The first-order valence-electron chi connectivity index (χ1n) is 5.78. The predicted molar refractivity (Wildman–Crippen MR) is 64.8 cm³/mol. The van der Waals surface area contributed by atoms with Crippen molar-refractivity contribution in [1.82, 2.24) is 15.3 Å². The maximum absolute atomic E-state index is 11.9. The smallest absolute Gasteiger partial charge is 0.272 e.